The lowest BCUT2D eigenvalue weighted by Crippen LogP contribution is -2.52. The highest BCUT2D eigenvalue weighted by Gasteiger charge is 2.37. The second kappa shape index (κ2) is 9.35. The van der Waals surface area contributed by atoms with Crippen LogP contribution in [0.15, 0.2) is 42.6 Å². The Labute approximate surface area is 189 Å². The Morgan fingerprint density at radius 1 is 1.23 bits per heavy atom. The summed E-state index contributed by atoms with van der Waals surface area (Å²) >= 11 is 6.04. The van der Waals surface area contributed by atoms with Crippen LogP contribution in [0.5, 0.6) is 5.75 Å². The van der Waals surface area contributed by atoms with Crippen LogP contribution in [-0.2, 0) is 16.1 Å². The quantitative estimate of drug-likeness (QED) is 0.607. The first-order valence-corrected chi connectivity index (χ1v) is 11.2. The summed E-state index contributed by atoms with van der Waals surface area (Å²) in [6, 6.07) is 11.5. The summed E-state index contributed by atoms with van der Waals surface area (Å²) in [4.78, 5) is 30.2. The minimum absolute atomic E-state index is 0.0258. The molecule has 0 bridgehead atoms. The van der Waals surface area contributed by atoms with Crippen LogP contribution >= 0.6 is 11.6 Å². The summed E-state index contributed by atoms with van der Waals surface area (Å²) < 4.78 is 7.59. The van der Waals surface area contributed by atoms with E-state index < -0.39 is 5.41 Å². The average Bonchev–Trinajstić information content (AvgIpc) is 3.24. The van der Waals surface area contributed by atoms with Gasteiger partial charge in [0.25, 0.3) is 0 Å². The molecule has 6 nitrogen and oxygen atoms in total. The minimum atomic E-state index is -0.727. The molecule has 0 saturated heterocycles. The van der Waals surface area contributed by atoms with Crippen molar-refractivity contribution < 1.29 is 14.3 Å². The van der Waals surface area contributed by atoms with Gasteiger partial charge in [0.1, 0.15) is 12.3 Å². The van der Waals surface area contributed by atoms with Crippen LogP contribution in [0.1, 0.15) is 45.0 Å². The number of rotatable bonds is 7. The number of carbonyl (C=O) groups is 2. The van der Waals surface area contributed by atoms with E-state index in [0.717, 1.165) is 23.6 Å². The number of nitrogens with zero attached hydrogens (tertiary/aromatic N) is 3. The molecule has 0 aliphatic carbocycles. The van der Waals surface area contributed by atoms with Gasteiger partial charge in [-0.2, -0.15) is 0 Å². The first-order valence-electron chi connectivity index (χ1n) is 10.6. The van der Waals surface area contributed by atoms with Crippen molar-refractivity contribution in [2.24, 2.45) is 5.41 Å². The Kier molecular flexibility index (Phi) is 6.99. The van der Waals surface area contributed by atoms with Gasteiger partial charge >= 0.3 is 0 Å². The topological polar surface area (TPSA) is 54.8 Å². The van der Waals surface area contributed by atoms with Gasteiger partial charge in [0, 0.05) is 36.9 Å². The molecule has 0 N–H and O–H groups in total. The smallest absolute Gasteiger partial charge is 0.243 e. The lowest BCUT2D eigenvalue weighted by Gasteiger charge is -2.40. The summed E-state index contributed by atoms with van der Waals surface area (Å²) in [5, 5.41) is 0. The van der Waals surface area contributed by atoms with Gasteiger partial charge in [0.2, 0.25) is 11.8 Å². The van der Waals surface area contributed by atoms with Gasteiger partial charge in [0.05, 0.1) is 18.6 Å². The minimum Gasteiger partial charge on any atom is -0.497 e. The molecule has 7 heteroatoms. The monoisotopic (exact) mass is 445 g/mol. The maximum atomic E-state index is 13.6. The molecular formula is C24H32ClN3O3. The zero-order chi connectivity index (χ0) is 22.8. The molecule has 2 amide bonds. The molecule has 0 spiro atoms. The highest BCUT2D eigenvalue weighted by atomic mass is 35.5. The van der Waals surface area contributed by atoms with Gasteiger partial charge in [-0.1, -0.05) is 12.1 Å². The van der Waals surface area contributed by atoms with Crippen molar-refractivity contribution in [3.63, 3.8) is 0 Å². The second-order valence-corrected chi connectivity index (χ2v) is 9.20. The lowest BCUT2D eigenvalue weighted by molar-refractivity contribution is -0.148. The third-order valence-corrected chi connectivity index (χ3v) is 6.54. The van der Waals surface area contributed by atoms with E-state index in [2.05, 4.69) is 4.57 Å². The number of halogens is 1. The van der Waals surface area contributed by atoms with E-state index in [1.165, 1.54) is 0 Å². The number of hydrogen-bond donors (Lipinski definition) is 0. The number of amides is 2. The van der Waals surface area contributed by atoms with Crippen LogP contribution in [-0.4, -0.2) is 58.3 Å². The summed E-state index contributed by atoms with van der Waals surface area (Å²) in [6.07, 6.45) is 2.04. The maximum Gasteiger partial charge on any atom is 0.243 e. The van der Waals surface area contributed by atoms with E-state index in [1.807, 2.05) is 75.2 Å². The molecule has 1 unspecified atom stereocenters. The number of hydrogen-bond acceptors (Lipinski definition) is 3. The maximum absolute atomic E-state index is 13.6. The number of methoxy groups -OCH3 is 1. The van der Waals surface area contributed by atoms with Crippen LogP contribution in [0.4, 0.5) is 0 Å². The standard InChI is InChI=1S/C24H32ClN3O3/c1-17(2)28(23(30)24(3,4)16-25)15-21(29)27-13-12-26-11-7-10-20(26)22(27)18-8-6-9-19(14-18)31-5/h6-11,14,17,22H,12-13,15-16H2,1-5H3. The van der Waals surface area contributed by atoms with Gasteiger partial charge in [0.15, 0.2) is 0 Å². The average molecular weight is 446 g/mol. The van der Waals surface area contributed by atoms with Crippen LogP contribution < -0.4 is 4.74 Å². The number of aromatic nitrogens is 1. The zero-order valence-electron chi connectivity index (χ0n) is 19.0. The zero-order valence-corrected chi connectivity index (χ0v) is 19.7. The second-order valence-electron chi connectivity index (χ2n) is 8.94. The summed E-state index contributed by atoms with van der Waals surface area (Å²) in [6.45, 7) is 8.80. The molecule has 31 heavy (non-hydrogen) atoms. The lowest BCUT2D eigenvalue weighted by atomic mass is 9.93. The van der Waals surface area contributed by atoms with E-state index in [0.29, 0.717) is 6.54 Å². The Morgan fingerprint density at radius 3 is 2.61 bits per heavy atom. The molecule has 1 aromatic carbocycles. The van der Waals surface area contributed by atoms with Gasteiger partial charge in [-0.25, -0.2) is 0 Å². The van der Waals surface area contributed by atoms with Crippen LogP contribution in [0.25, 0.3) is 0 Å². The molecule has 2 aromatic rings. The largest absolute Gasteiger partial charge is 0.497 e. The molecule has 1 aliphatic rings. The van der Waals surface area contributed by atoms with E-state index in [1.54, 1.807) is 12.0 Å². The predicted molar refractivity (Wildman–Crippen MR) is 122 cm³/mol. The van der Waals surface area contributed by atoms with E-state index in [9.17, 15) is 9.59 Å². The van der Waals surface area contributed by atoms with Crippen molar-refractivity contribution in [1.82, 2.24) is 14.4 Å². The van der Waals surface area contributed by atoms with E-state index in [4.69, 9.17) is 16.3 Å². The van der Waals surface area contributed by atoms with Crippen molar-refractivity contribution in [2.75, 3.05) is 26.1 Å². The third kappa shape index (κ3) is 4.74. The van der Waals surface area contributed by atoms with Crippen molar-refractivity contribution >= 4 is 23.4 Å². The molecule has 0 fully saturated rings. The molecule has 1 aliphatic heterocycles. The third-order valence-electron chi connectivity index (χ3n) is 5.87. The molecule has 168 valence electrons. The SMILES string of the molecule is COc1cccc(C2c3cccn3CCN2C(=O)CN(C(=O)C(C)(C)CCl)C(C)C)c1. The molecule has 3 rings (SSSR count). The number of ether oxygens (including phenoxy) is 1. The van der Waals surface area contributed by atoms with Gasteiger partial charge in [-0.15, -0.1) is 11.6 Å². The van der Waals surface area contributed by atoms with Gasteiger partial charge in [-0.3, -0.25) is 9.59 Å². The van der Waals surface area contributed by atoms with Gasteiger partial charge < -0.3 is 19.1 Å². The summed E-state index contributed by atoms with van der Waals surface area (Å²) in [5.41, 5.74) is 1.31. The Balaban J connectivity index is 1.93. The molecule has 1 atom stereocenters. The van der Waals surface area contributed by atoms with Crippen molar-refractivity contribution in [2.45, 2.75) is 46.3 Å². The summed E-state index contributed by atoms with van der Waals surface area (Å²) in [7, 11) is 1.64. The number of alkyl halides is 1. The Morgan fingerprint density at radius 2 is 1.97 bits per heavy atom. The highest BCUT2D eigenvalue weighted by Crippen LogP contribution is 2.34. The number of fused-ring (bicyclic) bond motifs is 1. The first-order chi connectivity index (χ1) is 14.7. The van der Waals surface area contributed by atoms with E-state index in [-0.39, 0.29) is 36.3 Å². The number of carbonyl (C=O) groups excluding carboxylic acids is 2. The highest BCUT2D eigenvalue weighted by molar-refractivity contribution is 6.19. The predicted octanol–water partition coefficient (Wildman–Crippen LogP) is 3.93. The number of benzene rings is 1. The van der Waals surface area contributed by atoms with Gasteiger partial charge in [-0.05, 0) is 57.5 Å². The molecular weight excluding hydrogens is 414 g/mol. The van der Waals surface area contributed by atoms with Crippen molar-refractivity contribution in [1.29, 1.82) is 0 Å². The fraction of sp³-hybridized carbons (Fsp3) is 0.500. The Bertz CT molecular complexity index is 938. The summed E-state index contributed by atoms with van der Waals surface area (Å²) in [5.74, 6) is 0.765. The van der Waals surface area contributed by atoms with Crippen molar-refractivity contribution in [3.8, 4) is 5.75 Å². The molecule has 0 radical (unpaired) electrons. The van der Waals surface area contributed by atoms with Crippen LogP contribution in [0, 0.1) is 5.41 Å². The molecule has 2 heterocycles. The van der Waals surface area contributed by atoms with Crippen LogP contribution in [0.3, 0.4) is 0 Å². The van der Waals surface area contributed by atoms with Crippen LogP contribution in [0.2, 0.25) is 0 Å². The first kappa shape index (κ1) is 23.2. The fourth-order valence-corrected chi connectivity index (χ4v) is 4.10. The molecule has 1 aromatic heterocycles. The van der Waals surface area contributed by atoms with Crippen molar-refractivity contribution in [3.05, 3.63) is 53.9 Å². The van der Waals surface area contributed by atoms with E-state index >= 15 is 0 Å². The normalized spacial score (nSPS) is 16.2. The molecule has 0 saturated carbocycles. The Hall–Kier alpha value is -2.47. The fourth-order valence-electron chi connectivity index (χ4n) is 3.99.